The number of carbonyl (C=O) groups is 1. The Morgan fingerprint density at radius 3 is 2.02 bits per heavy atom. The van der Waals surface area contributed by atoms with Crippen LogP contribution >= 0.6 is 0 Å². The van der Waals surface area contributed by atoms with Crippen LogP contribution in [0.4, 0.5) is 17.6 Å². The van der Waals surface area contributed by atoms with E-state index in [9.17, 15) is 27.5 Å². The van der Waals surface area contributed by atoms with Gasteiger partial charge in [-0.15, -0.1) is 0 Å². The molecule has 1 aliphatic carbocycles. The summed E-state index contributed by atoms with van der Waals surface area (Å²) < 4.78 is 50.3. The molecule has 1 rings (SSSR count). The monoisotopic (exact) mass is 650 g/mol. The summed E-state index contributed by atoms with van der Waals surface area (Å²) >= 11 is 0. The second-order valence-corrected chi connectivity index (χ2v) is 10.3. The predicted octanol–water partition coefficient (Wildman–Crippen LogP) is 8.97. The van der Waals surface area contributed by atoms with Crippen LogP contribution in [0.25, 0.3) is 0 Å². The molecule has 0 heterocycles. The van der Waals surface area contributed by atoms with E-state index < -0.39 is 18.2 Å². The van der Waals surface area contributed by atoms with Crippen LogP contribution in [0.2, 0.25) is 0 Å². The van der Waals surface area contributed by atoms with E-state index in [1.807, 2.05) is 20.9 Å². The minimum absolute atomic E-state index is 0.0905. The average molecular weight is 651 g/mol. The number of rotatable bonds is 9. The third-order valence-electron chi connectivity index (χ3n) is 4.62. The molecule has 0 fully saturated rings. The second kappa shape index (κ2) is 32.4. The Kier molecular flexibility index (Phi) is 37.2. The molecule has 2 unspecified atom stereocenters. The van der Waals surface area contributed by atoms with Gasteiger partial charge in [0.2, 0.25) is 0 Å². The zero-order valence-corrected chi connectivity index (χ0v) is 29.4. The number of allylic oxidation sites excluding steroid dienone is 11. The highest BCUT2D eigenvalue weighted by atomic mass is 19.4. The number of carbonyl (C=O) groups excluding carboxylic acids is 1. The second-order valence-electron chi connectivity index (χ2n) is 10.3. The fraction of sp³-hybridized carbons (Fsp3) is 0.571. The van der Waals surface area contributed by atoms with Crippen LogP contribution in [0, 0.1) is 11.8 Å². The molecule has 1 aliphatic rings. The molecule has 10 heteroatoms. The standard InChI is InChI=1S/C16H22F3NO2.C8H9FO.C4H10.C3H9N.C2H6O.C2H6/c1-4-6-13(8-5-7-12(2)11-21)9-14(20)10-15(3,22)16(17,18)19;1-6-5-7(9)3-2-4-8(6)10;1-4(2)3;1-3-4-2;1-2-3;1-2/h4-7,9,11-12,22H,1,8,10,20H2,2-3H3;2-3,5,10H,4H2,1H3;4H,1-3H3;4H,3H2,1-2H3;3H,2H2,1H3;1-2H3/b7-5-,13-6+,14-9-;;;;;. The van der Waals surface area contributed by atoms with Gasteiger partial charge in [-0.25, -0.2) is 4.39 Å². The van der Waals surface area contributed by atoms with Crippen LogP contribution < -0.4 is 11.1 Å². The summed E-state index contributed by atoms with van der Waals surface area (Å²) in [6.45, 7) is 23.2. The van der Waals surface area contributed by atoms with Gasteiger partial charge < -0.3 is 31.2 Å². The quantitative estimate of drug-likeness (QED) is 0.0736. The van der Waals surface area contributed by atoms with Crippen molar-refractivity contribution in [1.29, 1.82) is 0 Å². The molecule has 45 heavy (non-hydrogen) atoms. The molecule has 6 nitrogen and oxygen atoms in total. The number of hydrogen-bond acceptors (Lipinski definition) is 6. The van der Waals surface area contributed by atoms with E-state index in [1.54, 1.807) is 45.1 Å². The molecule has 0 radical (unpaired) electrons. The van der Waals surface area contributed by atoms with E-state index in [0.717, 1.165) is 18.7 Å². The van der Waals surface area contributed by atoms with Crippen LogP contribution in [-0.2, 0) is 4.79 Å². The third-order valence-corrected chi connectivity index (χ3v) is 4.62. The summed E-state index contributed by atoms with van der Waals surface area (Å²) in [5, 5.41) is 29.0. The molecule has 0 aliphatic heterocycles. The van der Waals surface area contributed by atoms with Gasteiger partial charge in [-0.1, -0.05) is 85.4 Å². The largest absolute Gasteiger partial charge is 0.512 e. The smallest absolute Gasteiger partial charge is 0.417 e. The van der Waals surface area contributed by atoms with E-state index in [-0.39, 0.29) is 29.8 Å². The maximum Gasteiger partial charge on any atom is 0.417 e. The highest BCUT2D eigenvalue weighted by Gasteiger charge is 2.49. The predicted molar refractivity (Wildman–Crippen MR) is 183 cm³/mol. The fourth-order valence-electron chi connectivity index (χ4n) is 2.36. The van der Waals surface area contributed by atoms with Crippen molar-refractivity contribution in [3.8, 4) is 0 Å². The van der Waals surface area contributed by atoms with Crippen molar-refractivity contribution >= 4 is 6.29 Å². The van der Waals surface area contributed by atoms with Gasteiger partial charge in [-0.3, -0.25) is 0 Å². The van der Waals surface area contributed by atoms with Crippen molar-refractivity contribution in [2.45, 2.75) is 100 Å². The Bertz CT molecular complexity index is 926. The number of hydrogen-bond donors (Lipinski definition) is 5. The van der Waals surface area contributed by atoms with Gasteiger partial charge in [0.25, 0.3) is 0 Å². The van der Waals surface area contributed by atoms with E-state index >= 15 is 0 Å². The zero-order valence-electron chi connectivity index (χ0n) is 29.4. The number of aldehydes is 1. The van der Waals surface area contributed by atoms with Gasteiger partial charge in [-0.05, 0) is 76.1 Å². The molecule has 0 saturated heterocycles. The van der Waals surface area contributed by atoms with Crippen LogP contribution in [-0.4, -0.2) is 53.6 Å². The summed E-state index contributed by atoms with van der Waals surface area (Å²) in [6, 6.07) is 0. The minimum Gasteiger partial charge on any atom is -0.512 e. The Labute approximate surface area is 270 Å². The molecule has 0 amide bonds. The van der Waals surface area contributed by atoms with Crippen molar-refractivity contribution in [3.63, 3.8) is 0 Å². The van der Waals surface area contributed by atoms with E-state index in [0.29, 0.717) is 30.9 Å². The SMILES string of the molecule is C=C/C=C(/C=C(\N)CC(C)(O)C(F)(F)F)C/C=C\C(C)C=O.CC.CC(C)C.CC1=C(O)CC=CC(F)=C1.CCNC.CCO. The number of nitrogens with two attached hydrogens (primary N) is 1. The molecule has 0 saturated carbocycles. The van der Waals surface area contributed by atoms with Gasteiger partial charge in [0, 0.05) is 31.1 Å². The maximum absolute atomic E-state index is 12.6. The molecule has 0 aromatic rings. The molecular formula is C35H62F4N2O4. The first-order chi connectivity index (χ1) is 20.8. The Balaban J connectivity index is -0.000000189. The van der Waals surface area contributed by atoms with Crippen LogP contribution in [0.15, 0.2) is 83.6 Å². The van der Waals surface area contributed by atoms with Crippen molar-refractivity contribution in [3.05, 3.63) is 83.6 Å². The molecule has 0 spiro atoms. The lowest BCUT2D eigenvalue weighted by Crippen LogP contribution is -2.43. The molecule has 0 aromatic carbocycles. The maximum atomic E-state index is 12.6. The average Bonchev–Trinajstić information content (AvgIpc) is 3.08. The first-order valence-electron chi connectivity index (χ1n) is 15.2. The number of alkyl halides is 3. The highest BCUT2D eigenvalue weighted by Crippen LogP contribution is 2.34. The molecule has 2 atom stereocenters. The summed E-state index contributed by atoms with van der Waals surface area (Å²) in [7, 11) is 1.93. The lowest BCUT2D eigenvalue weighted by molar-refractivity contribution is -0.252. The number of aliphatic hydroxyl groups is 3. The van der Waals surface area contributed by atoms with Gasteiger partial charge in [0.15, 0.2) is 5.60 Å². The van der Waals surface area contributed by atoms with Crippen LogP contribution in [0.5, 0.6) is 0 Å². The zero-order chi connectivity index (χ0) is 36.6. The van der Waals surface area contributed by atoms with E-state index in [2.05, 4.69) is 39.6 Å². The van der Waals surface area contributed by atoms with Crippen molar-refractivity contribution in [2.24, 2.45) is 17.6 Å². The van der Waals surface area contributed by atoms with E-state index in [4.69, 9.17) is 15.9 Å². The molecule has 264 valence electrons. The van der Waals surface area contributed by atoms with Gasteiger partial charge >= 0.3 is 6.18 Å². The first kappa shape index (κ1) is 51.6. The van der Waals surface area contributed by atoms with Crippen molar-refractivity contribution in [1.82, 2.24) is 5.32 Å². The van der Waals surface area contributed by atoms with Gasteiger partial charge in [-0.2, -0.15) is 13.2 Å². The van der Waals surface area contributed by atoms with Crippen molar-refractivity contribution < 1.29 is 37.7 Å². The lowest BCUT2D eigenvalue weighted by Gasteiger charge is -2.26. The normalized spacial score (nSPS) is 15.0. The number of nitrogens with one attached hydrogen (secondary N) is 1. The molecule has 0 bridgehead atoms. The molecule has 0 aromatic heterocycles. The highest BCUT2D eigenvalue weighted by molar-refractivity contribution is 5.55. The summed E-state index contributed by atoms with van der Waals surface area (Å²) in [5.74, 6) is 0.530. The van der Waals surface area contributed by atoms with Crippen molar-refractivity contribution in [2.75, 3.05) is 20.2 Å². The number of halogens is 4. The molecular weight excluding hydrogens is 588 g/mol. The number of aliphatic hydroxyl groups excluding tert-OH is 2. The summed E-state index contributed by atoms with van der Waals surface area (Å²) in [4.78, 5) is 10.5. The Morgan fingerprint density at radius 1 is 1.18 bits per heavy atom. The van der Waals surface area contributed by atoms with Gasteiger partial charge in [0.05, 0.1) is 5.76 Å². The van der Waals surface area contributed by atoms with Crippen LogP contribution in [0.1, 0.15) is 88.5 Å². The van der Waals surface area contributed by atoms with Gasteiger partial charge in [0.1, 0.15) is 12.1 Å². The lowest BCUT2D eigenvalue weighted by atomic mass is 9.98. The van der Waals surface area contributed by atoms with E-state index in [1.165, 1.54) is 24.3 Å². The van der Waals surface area contributed by atoms with Crippen LogP contribution in [0.3, 0.4) is 0 Å². The summed E-state index contributed by atoms with van der Waals surface area (Å²) in [5.41, 5.74) is 3.84. The third kappa shape index (κ3) is 37.1. The molecule has 6 N–H and O–H groups in total. The topological polar surface area (TPSA) is 116 Å². The minimum atomic E-state index is -4.76. The first-order valence-corrected chi connectivity index (χ1v) is 15.2. The Hall–Kier alpha value is -2.95. The summed E-state index contributed by atoms with van der Waals surface area (Å²) in [6.07, 6.45) is 8.24. The Morgan fingerprint density at radius 2 is 1.64 bits per heavy atom. The fourth-order valence-corrected chi connectivity index (χ4v) is 2.36.